The Balaban J connectivity index is 0.00000576. The number of benzene rings is 1. The average Bonchev–Trinajstić information content (AvgIpc) is 2.53. The van der Waals surface area contributed by atoms with Gasteiger partial charge in [-0.05, 0) is 44.9 Å². The lowest BCUT2D eigenvalue weighted by atomic mass is 10.1. The highest BCUT2D eigenvalue weighted by Crippen LogP contribution is 2.08. The molecule has 1 amide bonds. The van der Waals surface area contributed by atoms with Crippen molar-refractivity contribution in [2.24, 2.45) is 4.99 Å². The number of hydrogen-bond donors (Lipinski definition) is 3. The molecule has 3 N–H and O–H groups in total. The van der Waals surface area contributed by atoms with Crippen molar-refractivity contribution in [3.63, 3.8) is 0 Å². The fourth-order valence-electron chi connectivity index (χ4n) is 2.06. The first kappa shape index (κ1) is 23.6. The van der Waals surface area contributed by atoms with Crippen LogP contribution in [0.3, 0.4) is 0 Å². The highest BCUT2D eigenvalue weighted by atomic mass is 127. The summed E-state index contributed by atoms with van der Waals surface area (Å²) >= 11 is 0. The molecular formula is C18H31IN4O2. The number of guanidine groups is 1. The highest BCUT2D eigenvalue weighted by Gasteiger charge is 2.15. The van der Waals surface area contributed by atoms with Gasteiger partial charge in [0.15, 0.2) is 5.96 Å². The van der Waals surface area contributed by atoms with Crippen LogP contribution < -0.4 is 16.0 Å². The molecule has 1 aromatic rings. The largest absolute Gasteiger partial charge is 0.385 e. The molecule has 142 valence electrons. The van der Waals surface area contributed by atoms with Gasteiger partial charge in [0.25, 0.3) is 5.91 Å². The van der Waals surface area contributed by atoms with Gasteiger partial charge in [-0.3, -0.25) is 9.79 Å². The summed E-state index contributed by atoms with van der Waals surface area (Å²) in [7, 11) is 3.43. The van der Waals surface area contributed by atoms with E-state index in [-0.39, 0.29) is 35.4 Å². The maximum Gasteiger partial charge on any atom is 0.251 e. The zero-order valence-corrected chi connectivity index (χ0v) is 18.1. The number of hydrogen-bond acceptors (Lipinski definition) is 3. The summed E-state index contributed by atoms with van der Waals surface area (Å²) in [5.41, 5.74) is 1.43. The van der Waals surface area contributed by atoms with E-state index in [0.29, 0.717) is 12.1 Å². The SMILES string of the molecule is CN=C(NCCCOC)NCc1cccc(C(=O)NC(C)(C)C)c1.I. The standard InChI is InChI=1S/C18H30N4O2.HI/c1-18(2,3)22-16(23)15-9-6-8-14(12-15)13-21-17(19-4)20-10-7-11-24-5;/h6,8-9,12H,7,10-11,13H2,1-5H3,(H,22,23)(H2,19,20,21);1H. The van der Waals surface area contributed by atoms with Crippen LogP contribution in [0.5, 0.6) is 0 Å². The Labute approximate surface area is 168 Å². The third-order valence-electron chi connectivity index (χ3n) is 3.18. The minimum absolute atomic E-state index is 0. The molecule has 0 bridgehead atoms. The zero-order valence-electron chi connectivity index (χ0n) is 15.8. The van der Waals surface area contributed by atoms with E-state index in [2.05, 4.69) is 20.9 Å². The Morgan fingerprint density at radius 3 is 2.56 bits per heavy atom. The van der Waals surface area contributed by atoms with Crippen molar-refractivity contribution in [3.05, 3.63) is 35.4 Å². The smallest absolute Gasteiger partial charge is 0.251 e. The molecule has 0 saturated carbocycles. The number of aliphatic imine (C=N–C) groups is 1. The van der Waals surface area contributed by atoms with Crippen LogP contribution in [-0.4, -0.2) is 44.7 Å². The van der Waals surface area contributed by atoms with Gasteiger partial charge in [0, 0.05) is 45.0 Å². The lowest BCUT2D eigenvalue weighted by Gasteiger charge is -2.20. The van der Waals surface area contributed by atoms with Crippen LogP contribution in [-0.2, 0) is 11.3 Å². The van der Waals surface area contributed by atoms with Gasteiger partial charge in [0.05, 0.1) is 0 Å². The van der Waals surface area contributed by atoms with E-state index in [1.807, 2.05) is 45.0 Å². The van der Waals surface area contributed by atoms with Crippen LogP contribution in [0.25, 0.3) is 0 Å². The summed E-state index contributed by atoms with van der Waals surface area (Å²) in [5, 5.41) is 9.44. The Bertz CT molecular complexity index is 556. The summed E-state index contributed by atoms with van der Waals surface area (Å²) in [6, 6.07) is 7.59. The van der Waals surface area contributed by atoms with Crippen LogP contribution in [0.15, 0.2) is 29.3 Å². The van der Waals surface area contributed by atoms with E-state index < -0.39 is 0 Å². The molecule has 0 atom stereocenters. The van der Waals surface area contributed by atoms with E-state index >= 15 is 0 Å². The van der Waals surface area contributed by atoms with Gasteiger partial charge in [-0.2, -0.15) is 0 Å². The van der Waals surface area contributed by atoms with E-state index in [4.69, 9.17) is 4.74 Å². The second-order valence-corrected chi connectivity index (χ2v) is 6.60. The van der Waals surface area contributed by atoms with Gasteiger partial charge >= 0.3 is 0 Å². The van der Waals surface area contributed by atoms with Gasteiger partial charge in [-0.1, -0.05) is 12.1 Å². The fourth-order valence-corrected chi connectivity index (χ4v) is 2.06. The first-order valence-electron chi connectivity index (χ1n) is 8.20. The molecule has 0 aromatic heterocycles. The minimum Gasteiger partial charge on any atom is -0.385 e. The molecule has 0 radical (unpaired) electrons. The summed E-state index contributed by atoms with van der Waals surface area (Å²) in [4.78, 5) is 16.4. The summed E-state index contributed by atoms with van der Waals surface area (Å²) in [5.74, 6) is 0.669. The number of carbonyl (C=O) groups is 1. The molecule has 6 nitrogen and oxygen atoms in total. The topological polar surface area (TPSA) is 74.8 Å². The molecule has 0 saturated heterocycles. The number of carbonyl (C=O) groups excluding carboxylic acids is 1. The van der Waals surface area contributed by atoms with Crippen molar-refractivity contribution in [2.45, 2.75) is 39.3 Å². The lowest BCUT2D eigenvalue weighted by molar-refractivity contribution is 0.0919. The molecule has 0 aliphatic carbocycles. The Kier molecular flexibility index (Phi) is 11.4. The molecule has 1 aromatic carbocycles. The molecule has 0 heterocycles. The van der Waals surface area contributed by atoms with Gasteiger partial charge in [0.1, 0.15) is 0 Å². The van der Waals surface area contributed by atoms with E-state index in [0.717, 1.165) is 31.1 Å². The van der Waals surface area contributed by atoms with E-state index in [1.54, 1.807) is 14.2 Å². The molecule has 1 rings (SSSR count). The molecule has 0 aliphatic rings. The Morgan fingerprint density at radius 1 is 1.24 bits per heavy atom. The van der Waals surface area contributed by atoms with Gasteiger partial charge in [0.2, 0.25) is 0 Å². The number of rotatable bonds is 7. The van der Waals surface area contributed by atoms with Crippen LogP contribution in [0, 0.1) is 0 Å². The summed E-state index contributed by atoms with van der Waals surface area (Å²) in [6.07, 6.45) is 0.916. The first-order chi connectivity index (χ1) is 11.4. The predicted octanol–water partition coefficient (Wildman–Crippen LogP) is 2.53. The molecule has 25 heavy (non-hydrogen) atoms. The maximum atomic E-state index is 12.2. The maximum absolute atomic E-state index is 12.2. The van der Waals surface area contributed by atoms with Crippen molar-refractivity contribution in [1.29, 1.82) is 0 Å². The second kappa shape index (κ2) is 12.1. The highest BCUT2D eigenvalue weighted by molar-refractivity contribution is 14.0. The van der Waals surface area contributed by atoms with Crippen LogP contribution in [0.1, 0.15) is 43.1 Å². The number of amides is 1. The average molecular weight is 462 g/mol. The summed E-state index contributed by atoms with van der Waals surface area (Å²) in [6.45, 7) is 8.01. The number of ether oxygens (including phenoxy) is 1. The fraction of sp³-hybridized carbons (Fsp3) is 0.556. The van der Waals surface area contributed by atoms with E-state index in [9.17, 15) is 4.79 Å². The quantitative estimate of drug-likeness (QED) is 0.252. The van der Waals surface area contributed by atoms with Crippen LogP contribution in [0.2, 0.25) is 0 Å². The van der Waals surface area contributed by atoms with Crippen molar-refractivity contribution < 1.29 is 9.53 Å². The number of methoxy groups -OCH3 is 1. The molecule has 0 unspecified atom stereocenters. The zero-order chi connectivity index (χ0) is 18.0. The third kappa shape index (κ3) is 10.3. The molecular weight excluding hydrogens is 431 g/mol. The van der Waals surface area contributed by atoms with Gasteiger partial charge in [-0.15, -0.1) is 24.0 Å². The Morgan fingerprint density at radius 2 is 1.96 bits per heavy atom. The van der Waals surface area contributed by atoms with Gasteiger partial charge < -0.3 is 20.7 Å². The lowest BCUT2D eigenvalue weighted by Crippen LogP contribution is -2.40. The molecule has 0 spiro atoms. The number of nitrogens with one attached hydrogen (secondary N) is 3. The second-order valence-electron chi connectivity index (χ2n) is 6.60. The first-order valence-corrected chi connectivity index (χ1v) is 8.20. The number of nitrogens with zero attached hydrogens (tertiary/aromatic N) is 1. The molecule has 0 fully saturated rings. The molecule has 0 aliphatic heterocycles. The van der Waals surface area contributed by atoms with Crippen molar-refractivity contribution >= 4 is 35.8 Å². The van der Waals surface area contributed by atoms with Crippen molar-refractivity contribution in [1.82, 2.24) is 16.0 Å². The minimum atomic E-state index is -0.250. The molecule has 7 heteroatoms. The van der Waals surface area contributed by atoms with Gasteiger partial charge in [-0.25, -0.2) is 0 Å². The van der Waals surface area contributed by atoms with Crippen molar-refractivity contribution in [3.8, 4) is 0 Å². The van der Waals surface area contributed by atoms with Crippen LogP contribution in [0.4, 0.5) is 0 Å². The predicted molar refractivity (Wildman–Crippen MR) is 114 cm³/mol. The number of halogens is 1. The van der Waals surface area contributed by atoms with Crippen LogP contribution >= 0.6 is 24.0 Å². The Hall–Kier alpha value is -1.35. The monoisotopic (exact) mass is 462 g/mol. The normalized spacial score (nSPS) is 11.5. The van der Waals surface area contributed by atoms with Crippen molar-refractivity contribution in [2.75, 3.05) is 27.3 Å². The van der Waals surface area contributed by atoms with E-state index in [1.165, 1.54) is 0 Å². The summed E-state index contributed by atoms with van der Waals surface area (Å²) < 4.78 is 5.02. The third-order valence-corrected chi connectivity index (χ3v) is 3.18.